The second kappa shape index (κ2) is 15.1. The number of morpholine rings is 1. The number of benzene rings is 1. The van der Waals surface area contributed by atoms with Gasteiger partial charge in [0.25, 0.3) is 11.8 Å². The number of anilines is 2. The first-order chi connectivity index (χ1) is 19.1. The molecular weight excluding hydrogens is 660 g/mol. The van der Waals surface area contributed by atoms with Crippen LogP contribution in [0.15, 0.2) is 36.4 Å². The van der Waals surface area contributed by atoms with E-state index in [4.69, 9.17) is 21.1 Å². The number of ether oxygens (including phenoxy) is 2. The molecule has 2 saturated heterocycles. The lowest BCUT2D eigenvalue weighted by molar-refractivity contribution is -0.128. The lowest BCUT2D eigenvalue weighted by Crippen LogP contribution is -2.45. The summed E-state index contributed by atoms with van der Waals surface area (Å²) in [6.07, 6.45) is -1.06. The Bertz CT molecular complexity index is 1280. The zero-order valence-corrected chi connectivity index (χ0v) is 26.5. The molecular formula is C26H30BrClN4O7S2. The van der Waals surface area contributed by atoms with Crippen LogP contribution >= 0.6 is 51.9 Å². The van der Waals surface area contributed by atoms with Crippen molar-refractivity contribution >= 4 is 92.2 Å². The number of amides is 4. The molecule has 3 heterocycles. The topological polar surface area (TPSA) is 126 Å². The minimum Gasteiger partial charge on any atom is -0.442 e. The van der Waals surface area contributed by atoms with E-state index in [0.717, 1.165) is 28.2 Å². The average Bonchev–Trinajstić information content (AvgIpc) is 3.52. The number of hydrogen-bond acceptors (Lipinski definition) is 10. The molecule has 1 atom stereocenters. The number of nitrogens with zero attached hydrogens (tertiary/aromatic N) is 3. The third kappa shape index (κ3) is 8.75. The predicted octanol–water partition coefficient (Wildman–Crippen LogP) is 4.15. The fraction of sp³-hybridized carbons (Fsp3) is 0.423. The summed E-state index contributed by atoms with van der Waals surface area (Å²) >= 11 is 7.86. The smallest absolute Gasteiger partial charge is 0.414 e. The van der Waals surface area contributed by atoms with E-state index in [9.17, 15) is 24.0 Å². The first-order valence-electron chi connectivity index (χ1n) is 12.6. The zero-order valence-electron chi connectivity index (χ0n) is 22.4. The summed E-state index contributed by atoms with van der Waals surface area (Å²) in [6, 6.07) is 9.98. The van der Waals surface area contributed by atoms with Crippen LogP contribution in [0.3, 0.4) is 0 Å². The highest BCUT2D eigenvalue weighted by Gasteiger charge is 2.37. The first kappa shape index (κ1) is 33.0. The summed E-state index contributed by atoms with van der Waals surface area (Å²) in [5, 5.41) is -0.116. The Morgan fingerprint density at radius 2 is 1.80 bits per heavy atom. The molecule has 1 aromatic heterocycles. The number of carbonyl (C=O) groups is 5. The van der Waals surface area contributed by atoms with Crippen molar-refractivity contribution in [1.29, 1.82) is 0 Å². The number of nitrogens with one attached hydrogen (secondary N) is 1. The molecule has 0 saturated carbocycles. The monoisotopic (exact) mass is 688 g/mol. The van der Waals surface area contributed by atoms with Crippen molar-refractivity contribution in [2.45, 2.75) is 26.4 Å². The van der Waals surface area contributed by atoms with Crippen LogP contribution in [0.1, 0.15) is 29.9 Å². The molecule has 0 unspecified atom stereocenters. The number of imide groups is 1. The van der Waals surface area contributed by atoms with Crippen molar-refractivity contribution in [2.24, 2.45) is 5.92 Å². The number of cyclic esters (lactones) is 1. The van der Waals surface area contributed by atoms with Gasteiger partial charge in [-0.3, -0.25) is 29.0 Å². The second-order valence-corrected chi connectivity index (χ2v) is 12.2. The molecule has 0 radical (unpaired) electrons. The van der Waals surface area contributed by atoms with E-state index >= 15 is 0 Å². The number of thiophene rings is 1. The van der Waals surface area contributed by atoms with Gasteiger partial charge in [-0.05, 0) is 54.3 Å². The molecule has 0 aliphatic carbocycles. The van der Waals surface area contributed by atoms with Crippen LogP contribution in [0, 0.1) is 5.92 Å². The van der Waals surface area contributed by atoms with Crippen LogP contribution in [0.25, 0.3) is 0 Å². The highest BCUT2D eigenvalue weighted by Crippen LogP contribution is 2.27. The Labute approximate surface area is 261 Å². The van der Waals surface area contributed by atoms with Crippen LogP contribution in [0.5, 0.6) is 0 Å². The van der Waals surface area contributed by atoms with Crippen LogP contribution in [0.4, 0.5) is 16.2 Å². The fourth-order valence-corrected chi connectivity index (χ4v) is 5.91. The molecule has 2 fully saturated rings. The number of hydrogen-bond donors (Lipinski definition) is 1. The van der Waals surface area contributed by atoms with Crippen molar-refractivity contribution in [1.82, 2.24) is 9.62 Å². The zero-order chi connectivity index (χ0) is 28.8. The van der Waals surface area contributed by atoms with Gasteiger partial charge >= 0.3 is 6.09 Å². The van der Waals surface area contributed by atoms with Gasteiger partial charge in [-0.1, -0.05) is 25.4 Å². The summed E-state index contributed by atoms with van der Waals surface area (Å²) in [7, 11) is 0. The minimum absolute atomic E-state index is 0. The molecule has 1 aromatic carbocycles. The molecule has 2 aromatic rings. The van der Waals surface area contributed by atoms with Gasteiger partial charge in [-0.25, -0.2) is 9.52 Å². The molecule has 15 heteroatoms. The van der Waals surface area contributed by atoms with Gasteiger partial charge in [-0.2, -0.15) is 0 Å². The van der Waals surface area contributed by atoms with E-state index < -0.39 is 24.0 Å². The van der Waals surface area contributed by atoms with Crippen molar-refractivity contribution in [3.63, 3.8) is 0 Å². The lowest BCUT2D eigenvalue weighted by atomic mass is 10.2. The van der Waals surface area contributed by atoms with Gasteiger partial charge in [0.2, 0.25) is 11.0 Å². The number of carbonyl (C=O) groups excluding carboxylic acids is 5. The molecule has 4 amide bonds. The summed E-state index contributed by atoms with van der Waals surface area (Å²) in [6.45, 7) is 4.40. The normalized spacial score (nSPS) is 16.9. The van der Waals surface area contributed by atoms with Crippen molar-refractivity contribution in [2.75, 3.05) is 49.2 Å². The van der Waals surface area contributed by atoms with E-state index in [1.165, 1.54) is 11.0 Å². The van der Waals surface area contributed by atoms with E-state index in [0.29, 0.717) is 35.3 Å². The lowest BCUT2D eigenvalue weighted by Gasteiger charge is -2.27. The fourth-order valence-electron chi connectivity index (χ4n) is 4.14. The predicted molar refractivity (Wildman–Crippen MR) is 163 cm³/mol. The molecule has 1 N–H and O–H groups in total. The van der Waals surface area contributed by atoms with Crippen molar-refractivity contribution < 1.29 is 33.4 Å². The van der Waals surface area contributed by atoms with Crippen LogP contribution in [-0.4, -0.2) is 79.3 Å². The SMILES string of the molecule is Br.CC(C)CC(=O)SNCC(=O)N(C[C@H]1CN(c2ccc(N3CCOCC3=O)cc2)C(=O)O1)C(=O)c1ccc(Cl)s1. The maximum atomic E-state index is 13.2. The maximum Gasteiger partial charge on any atom is 0.414 e. The highest BCUT2D eigenvalue weighted by atomic mass is 79.9. The molecule has 0 spiro atoms. The average molecular weight is 690 g/mol. The number of halogens is 2. The van der Waals surface area contributed by atoms with E-state index in [-0.39, 0.29) is 65.0 Å². The first-order valence-corrected chi connectivity index (χ1v) is 14.6. The van der Waals surface area contributed by atoms with Crippen LogP contribution < -0.4 is 14.5 Å². The standard InChI is InChI=1S/C26H29ClN4O7S2.BrH/c1-16(2)11-24(34)40-28-12-22(32)31(25(35)20-7-8-21(27)39-20)14-19-13-30(26(36)38-19)18-5-3-17(4-6-18)29-9-10-37-15-23(29)33;/h3-8,16,19,28H,9-15H2,1-2H3;1H/t19-;/m1./s1. The van der Waals surface area contributed by atoms with Gasteiger partial charge < -0.3 is 14.4 Å². The van der Waals surface area contributed by atoms with E-state index in [2.05, 4.69) is 4.72 Å². The molecule has 41 heavy (non-hydrogen) atoms. The third-order valence-corrected chi connectivity index (χ3v) is 7.94. The third-order valence-electron chi connectivity index (χ3n) is 6.03. The molecule has 2 aliphatic heterocycles. The van der Waals surface area contributed by atoms with Crippen molar-refractivity contribution in [3.05, 3.63) is 45.6 Å². The summed E-state index contributed by atoms with van der Waals surface area (Å²) in [5.41, 5.74) is 1.24. The molecule has 0 bridgehead atoms. The van der Waals surface area contributed by atoms with Gasteiger partial charge in [-0.15, -0.1) is 28.3 Å². The van der Waals surface area contributed by atoms with Gasteiger partial charge in [0.05, 0.1) is 35.5 Å². The Hall–Kier alpha value is -2.49. The van der Waals surface area contributed by atoms with Gasteiger partial charge in [0.15, 0.2) is 0 Å². The minimum atomic E-state index is -0.786. The highest BCUT2D eigenvalue weighted by molar-refractivity contribution is 8.93. The molecule has 222 valence electrons. The summed E-state index contributed by atoms with van der Waals surface area (Å²) in [5.74, 6) is -1.11. The largest absolute Gasteiger partial charge is 0.442 e. The number of rotatable bonds is 10. The van der Waals surface area contributed by atoms with Gasteiger partial charge in [0.1, 0.15) is 12.7 Å². The summed E-state index contributed by atoms with van der Waals surface area (Å²) in [4.78, 5) is 67.5. The van der Waals surface area contributed by atoms with E-state index in [1.807, 2.05) is 13.8 Å². The Morgan fingerprint density at radius 1 is 1.12 bits per heavy atom. The Kier molecular flexibility index (Phi) is 12.2. The second-order valence-electron chi connectivity index (χ2n) is 9.54. The van der Waals surface area contributed by atoms with Crippen LogP contribution in [0.2, 0.25) is 4.34 Å². The van der Waals surface area contributed by atoms with E-state index in [1.54, 1.807) is 35.2 Å². The molecule has 4 rings (SSSR count). The maximum absolute atomic E-state index is 13.2. The quantitative estimate of drug-likeness (QED) is 0.367. The van der Waals surface area contributed by atoms with Gasteiger partial charge in [0, 0.05) is 24.3 Å². The molecule has 11 nitrogen and oxygen atoms in total. The van der Waals surface area contributed by atoms with Crippen molar-refractivity contribution in [3.8, 4) is 0 Å². The molecule has 2 aliphatic rings. The Morgan fingerprint density at radius 3 is 2.41 bits per heavy atom. The van der Waals surface area contributed by atoms with Crippen LogP contribution in [-0.2, 0) is 23.9 Å². The Balaban J connectivity index is 0.00000462. The summed E-state index contributed by atoms with van der Waals surface area (Å²) < 4.78 is 13.8.